The molecule has 0 aliphatic carbocycles. The first-order chi connectivity index (χ1) is 7.72. The number of aromatic nitrogens is 1. The van der Waals surface area contributed by atoms with E-state index >= 15 is 0 Å². The molecule has 0 aliphatic heterocycles. The molecule has 0 bridgehead atoms. The minimum absolute atomic E-state index is 0.00347. The van der Waals surface area contributed by atoms with Crippen LogP contribution in [0.15, 0.2) is 33.7 Å². The highest BCUT2D eigenvalue weighted by Gasteiger charge is 2.15. The van der Waals surface area contributed by atoms with Crippen LogP contribution in [0.1, 0.15) is 22.7 Å². The summed E-state index contributed by atoms with van der Waals surface area (Å²) in [6, 6.07) is 4.05. The van der Waals surface area contributed by atoms with E-state index in [1.807, 2.05) is 12.3 Å². The van der Waals surface area contributed by atoms with Crippen molar-refractivity contribution >= 4 is 27.3 Å². The Hall–Kier alpha value is -0.750. The second kappa shape index (κ2) is 5.05. The Morgan fingerprint density at radius 3 is 2.94 bits per heavy atom. The summed E-state index contributed by atoms with van der Waals surface area (Å²) < 4.78 is 1.10. The molecular weight excluding hydrogens is 286 g/mol. The zero-order valence-corrected chi connectivity index (χ0v) is 11.2. The van der Waals surface area contributed by atoms with Crippen molar-refractivity contribution in [3.05, 3.63) is 50.4 Å². The molecule has 0 amide bonds. The molecule has 0 fully saturated rings. The molecule has 3 N–H and O–H groups in total. The van der Waals surface area contributed by atoms with Crippen LogP contribution < -0.4 is 11.3 Å². The third-order valence-corrected chi connectivity index (χ3v) is 4.00. The lowest BCUT2D eigenvalue weighted by molar-refractivity contribution is 0.633. The maximum absolute atomic E-state index is 5.63. The largest absolute Gasteiger partial charge is 0.271 e. The third kappa shape index (κ3) is 2.32. The summed E-state index contributed by atoms with van der Waals surface area (Å²) in [5.74, 6) is 5.63. The first-order valence-electron chi connectivity index (χ1n) is 4.83. The van der Waals surface area contributed by atoms with Gasteiger partial charge in [-0.05, 0) is 57.1 Å². The van der Waals surface area contributed by atoms with Gasteiger partial charge in [-0.25, -0.2) is 5.43 Å². The molecule has 2 heterocycles. The fourth-order valence-electron chi connectivity index (χ4n) is 1.62. The lowest BCUT2D eigenvalue weighted by Gasteiger charge is -2.16. The molecule has 2 aromatic heterocycles. The van der Waals surface area contributed by atoms with Crippen molar-refractivity contribution in [2.45, 2.75) is 13.0 Å². The molecular formula is C11H12BrN3S. The fourth-order valence-corrected chi connectivity index (χ4v) is 2.82. The molecule has 2 aromatic rings. The number of nitrogens with one attached hydrogen (secondary N) is 1. The molecule has 1 atom stereocenters. The molecule has 0 saturated heterocycles. The summed E-state index contributed by atoms with van der Waals surface area (Å²) in [7, 11) is 0. The van der Waals surface area contributed by atoms with E-state index in [0.717, 1.165) is 14.9 Å². The highest BCUT2D eigenvalue weighted by molar-refractivity contribution is 9.11. The van der Waals surface area contributed by atoms with E-state index in [4.69, 9.17) is 5.84 Å². The molecule has 0 spiro atoms. The number of thiophene rings is 1. The van der Waals surface area contributed by atoms with Crippen LogP contribution in [0.25, 0.3) is 0 Å². The van der Waals surface area contributed by atoms with Gasteiger partial charge in [0.2, 0.25) is 0 Å². The van der Waals surface area contributed by atoms with Gasteiger partial charge in [-0.2, -0.15) is 0 Å². The normalized spacial score (nSPS) is 12.7. The van der Waals surface area contributed by atoms with Gasteiger partial charge in [0.25, 0.3) is 0 Å². The lowest BCUT2D eigenvalue weighted by atomic mass is 10.00. The van der Waals surface area contributed by atoms with Crippen molar-refractivity contribution in [1.82, 2.24) is 10.4 Å². The maximum Gasteiger partial charge on any atom is 0.0736 e. The van der Waals surface area contributed by atoms with E-state index in [0.29, 0.717) is 0 Å². The molecule has 16 heavy (non-hydrogen) atoms. The van der Waals surface area contributed by atoms with Gasteiger partial charge in [0.1, 0.15) is 0 Å². The van der Waals surface area contributed by atoms with Gasteiger partial charge in [-0.15, -0.1) is 11.3 Å². The third-order valence-electron chi connectivity index (χ3n) is 2.48. The van der Waals surface area contributed by atoms with E-state index in [2.05, 4.69) is 44.7 Å². The second-order valence-corrected chi connectivity index (χ2v) is 5.81. The van der Waals surface area contributed by atoms with Crippen LogP contribution >= 0.6 is 27.3 Å². The zero-order chi connectivity index (χ0) is 11.5. The summed E-state index contributed by atoms with van der Waals surface area (Å²) >= 11 is 5.10. The van der Waals surface area contributed by atoms with Gasteiger partial charge in [0.05, 0.1) is 9.83 Å². The highest BCUT2D eigenvalue weighted by Crippen LogP contribution is 2.29. The number of aryl methyl sites for hydroxylation is 1. The van der Waals surface area contributed by atoms with Crippen molar-refractivity contribution in [2.24, 2.45) is 5.84 Å². The van der Waals surface area contributed by atoms with Crippen LogP contribution in [0.5, 0.6) is 0 Å². The van der Waals surface area contributed by atoms with Crippen molar-refractivity contribution in [3.63, 3.8) is 0 Å². The van der Waals surface area contributed by atoms with Crippen molar-refractivity contribution in [2.75, 3.05) is 0 Å². The van der Waals surface area contributed by atoms with Crippen LogP contribution in [0.4, 0.5) is 0 Å². The average Bonchev–Trinajstić information content (AvgIpc) is 2.69. The van der Waals surface area contributed by atoms with Crippen LogP contribution in [0.3, 0.4) is 0 Å². The van der Waals surface area contributed by atoms with Crippen LogP contribution in [0.2, 0.25) is 0 Å². The number of hydrazine groups is 1. The molecule has 84 valence electrons. The quantitative estimate of drug-likeness (QED) is 0.677. The molecule has 0 radical (unpaired) electrons. The number of pyridine rings is 1. The first kappa shape index (κ1) is 11.7. The van der Waals surface area contributed by atoms with Gasteiger partial charge in [-0.3, -0.25) is 10.8 Å². The Balaban J connectivity index is 2.40. The molecule has 2 rings (SSSR count). The molecule has 1 unspecified atom stereocenters. The Morgan fingerprint density at radius 2 is 2.38 bits per heavy atom. The standard InChI is InChI=1S/C11H12BrN3S/c1-7-2-3-14-5-9(7)11(15-13)8-4-10(12)16-6-8/h2-6,11,15H,13H2,1H3. The molecule has 0 aliphatic rings. The molecule has 0 saturated carbocycles. The SMILES string of the molecule is Cc1ccncc1C(NN)c1csc(Br)c1. The highest BCUT2D eigenvalue weighted by atomic mass is 79.9. The van der Waals surface area contributed by atoms with Crippen LogP contribution in [-0.2, 0) is 0 Å². The van der Waals surface area contributed by atoms with E-state index in [9.17, 15) is 0 Å². The second-order valence-electron chi connectivity index (χ2n) is 3.52. The number of nitrogens with zero attached hydrogens (tertiary/aromatic N) is 1. The summed E-state index contributed by atoms with van der Waals surface area (Å²) in [5.41, 5.74) is 6.27. The molecule has 0 aromatic carbocycles. The number of hydrogen-bond donors (Lipinski definition) is 2. The van der Waals surface area contributed by atoms with Gasteiger partial charge >= 0.3 is 0 Å². The number of nitrogens with two attached hydrogens (primary N) is 1. The summed E-state index contributed by atoms with van der Waals surface area (Å²) in [6.45, 7) is 2.06. The Morgan fingerprint density at radius 1 is 1.56 bits per heavy atom. The van der Waals surface area contributed by atoms with Gasteiger partial charge in [0, 0.05) is 12.4 Å². The summed E-state index contributed by atoms with van der Waals surface area (Å²) in [4.78, 5) is 4.14. The van der Waals surface area contributed by atoms with Crippen molar-refractivity contribution < 1.29 is 0 Å². The number of halogens is 1. The fraction of sp³-hybridized carbons (Fsp3) is 0.182. The average molecular weight is 298 g/mol. The number of rotatable bonds is 3. The van der Waals surface area contributed by atoms with E-state index in [1.165, 1.54) is 5.56 Å². The van der Waals surface area contributed by atoms with E-state index in [-0.39, 0.29) is 6.04 Å². The van der Waals surface area contributed by atoms with E-state index in [1.54, 1.807) is 17.5 Å². The van der Waals surface area contributed by atoms with Gasteiger partial charge in [-0.1, -0.05) is 0 Å². The zero-order valence-electron chi connectivity index (χ0n) is 8.77. The van der Waals surface area contributed by atoms with E-state index < -0.39 is 0 Å². The smallest absolute Gasteiger partial charge is 0.0736 e. The predicted octanol–water partition coefficient (Wildman–Crippen LogP) is 2.77. The monoisotopic (exact) mass is 297 g/mol. The van der Waals surface area contributed by atoms with Crippen LogP contribution in [-0.4, -0.2) is 4.98 Å². The Kier molecular flexibility index (Phi) is 3.70. The topological polar surface area (TPSA) is 50.9 Å². The predicted molar refractivity (Wildman–Crippen MR) is 70.2 cm³/mol. The minimum Gasteiger partial charge on any atom is -0.271 e. The molecule has 5 heteroatoms. The lowest BCUT2D eigenvalue weighted by Crippen LogP contribution is -2.29. The Labute approximate surface area is 107 Å². The number of hydrogen-bond acceptors (Lipinski definition) is 4. The van der Waals surface area contributed by atoms with Gasteiger partial charge < -0.3 is 0 Å². The van der Waals surface area contributed by atoms with Crippen LogP contribution in [0, 0.1) is 6.92 Å². The van der Waals surface area contributed by atoms with Crippen molar-refractivity contribution in [1.29, 1.82) is 0 Å². The first-order valence-corrected chi connectivity index (χ1v) is 6.50. The maximum atomic E-state index is 5.63. The minimum atomic E-state index is -0.00347. The summed E-state index contributed by atoms with van der Waals surface area (Å²) in [6.07, 6.45) is 3.64. The summed E-state index contributed by atoms with van der Waals surface area (Å²) in [5, 5.41) is 2.08. The molecule has 3 nitrogen and oxygen atoms in total. The van der Waals surface area contributed by atoms with Crippen molar-refractivity contribution in [3.8, 4) is 0 Å². The van der Waals surface area contributed by atoms with Gasteiger partial charge in [0.15, 0.2) is 0 Å². The Bertz CT molecular complexity index is 484.